The van der Waals surface area contributed by atoms with Crippen LogP contribution in [0.5, 0.6) is 5.75 Å². The number of halogens is 1. The molecular weight excluding hydrogens is 381 g/mol. The first kappa shape index (κ1) is 20.0. The van der Waals surface area contributed by atoms with Gasteiger partial charge in [0.25, 0.3) is 0 Å². The number of hydrogen-bond acceptors (Lipinski definition) is 3. The van der Waals surface area contributed by atoms with E-state index in [1.807, 2.05) is 6.07 Å². The van der Waals surface area contributed by atoms with E-state index in [9.17, 15) is 0 Å². The second-order valence-electron chi connectivity index (χ2n) is 4.49. The van der Waals surface area contributed by atoms with Gasteiger partial charge in [0.1, 0.15) is 12.4 Å². The normalized spacial score (nSPS) is 10.8. The van der Waals surface area contributed by atoms with Gasteiger partial charge in [-0.1, -0.05) is 18.2 Å². The van der Waals surface area contributed by atoms with Gasteiger partial charge in [0.05, 0.1) is 13.2 Å². The molecule has 0 saturated carbocycles. The van der Waals surface area contributed by atoms with Crippen LogP contribution in [0.1, 0.15) is 11.1 Å². The van der Waals surface area contributed by atoms with Gasteiger partial charge < -0.3 is 20.1 Å². The molecule has 5 nitrogen and oxygen atoms in total. The van der Waals surface area contributed by atoms with Crippen LogP contribution >= 0.6 is 24.0 Å². The lowest BCUT2D eigenvalue weighted by molar-refractivity contribution is 0.203. The molecule has 0 aliphatic carbocycles. The molecule has 0 unspecified atom stereocenters. The Balaban J connectivity index is 0.00000400. The molecule has 1 aromatic carbocycles. The van der Waals surface area contributed by atoms with Gasteiger partial charge in [-0.3, -0.25) is 4.99 Å². The second kappa shape index (κ2) is 11.6. The number of nitrogens with zero attached hydrogens (tertiary/aromatic N) is 1. The van der Waals surface area contributed by atoms with Crippen molar-refractivity contribution in [1.29, 1.82) is 0 Å². The van der Waals surface area contributed by atoms with Crippen LogP contribution in [0.25, 0.3) is 0 Å². The maximum atomic E-state index is 5.82. The number of nitrogens with one attached hydrogen (secondary N) is 2. The number of aliphatic imine (C=N–C) groups is 1. The number of rotatable bonds is 7. The highest BCUT2D eigenvalue weighted by atomic mass is 127. The Bertz CT molecular complexity index is 419. The molecule has 0 bridgehead atoms. The van der Waals surface area contributed by atoms with E-state index in [1.54, 1.807) is 14.2 Å². The predicted molar refractivity (Wildman–Crippen MR) is 98.1 cm³/mol. The smallest absolute Gasteiger partial charge is 0.191 e. The van der Waals surface area contributed by atoms with Gasteiger partial charge in [0, 0.05) is 20.7 Å². The van der Waals surface area contributed by atoms with Crippen LogP contribution in [0.3, 0.4) is 0 Å². The zero-order chi connectivity index (χ0) is 14.8. The molecule has 6 heteroatoms. The lowest BCUT2D eigenvalue weighted by Crippen LogP contribution is -2.40. The quantitative estimate of drug-likeness (QED) is 0.315. The lowest BCUT2D eigenvalue weighted by atomic mass is 10.1. The van der Waals surface area contributed by atoms with Crippen molar-refractivity contribution in [3.63, 3.8) is 0 Å². The summed E-state index contributed by atoms with van der Waals surface area (Å²) in [6.45, 7) is 6.78. The van der Waals surface area contributed by atoms with Gasteiger partial charge in [-0.25, -0.2) is 0 Å². The topological polar surface area (TPSA) is 54.9 Å². The van der Waals surface area contributed by atoms with Gasteiger partial charge in [-0.2, -0.15) is 0 Å². The Labute approximate surface area is 144 Å². The minimum atomic E-state index is 0. The van der Waals surface area contributed by atoms with E-state index < -0.39 is 0 Å². The van der Waals surface area contributed by atoms with Crippen molar-refractivity contribution in [3.05, 3.63) is 29.3 Å². The number of hydrogen-bond donors (Lipinski definition) is 2. The number of ether oxygens (including phenoxy) is 2. The van der Waals surface area contributed by atoms with Gasteiger partial charge in [-0.05, 0) is 25.0 Å². The van der Waals surface area contributed by atoms with E-state index in [4.69, 9.17) is 9.47 Å². The van der Waals surface area contributed by atoms with Crippen molar-refractivity contribution in [3.8, 4) is 5.75 Å². The van der Waals surface area contributed by atoms with Crippen LogP contribution in [-0.2, 0) is 4.74 Å². The minimum Gasteiger partial charge on any atom is -0.491 e. The van der Waals surface area contributed by atoms with Crippen LogP contribution in [0.4, 0.5) is 0 Å². The summed E-state index contributed by atoms with van der Waals surface area (Å²) >= 11 is 0. The fourth-order valence-corrected chi connectivity index (χ4v) is 1.84. The average molecular weight is 407 g/mol. The van der Waals surface area contributed by atoms with Crippen molar-refractivity contribution in [2.24, 2.45) is 4.99 Å². The van der Waals surface area contributed by atoms with E-state index in [2.05, 4.69) is 41.6 Å². The summed E-state index contributed by atoms with van der Waals surface area (Å²) in [5.41, 5.74) is 2.32. The van der Waals surface area contributed by atoms with Crippen molar-refractivity contribution in [2.45, 2.75) is 13.8 Å². The SMILES string of the molecule is CN=C(NCCOC)NCCOc1c(C)cccc1C.I. The first-order chi connectivity index (χ1) is 9.69. The Kier molecular flexibility index (Phi) is 11.1. The van der Waals surface area contributed by atoms with E-state index in [1.165, 1.54) is 0 Å². The van der Waals surface area contributed by atoms with Crippen molar-refractivity contribution in [1.82, 2.24) is 10.6 Å². The summed E-state index contributed by atoms with van der Waals surface area (Å²) in [6, 6.07) is 6.15. The Morgan fingerprint density at radius 3 is 2.19 bits per heavy atom. The number of methoxy groups -OCH3 is 1. The van der Waals surface area contributed by atoms with Gasteiger partial charge >= 0.3 is 0 Å². The van der Waals surface area contributed by atoms with E-state index in [-0.39, 0.29) is 24.0 Å². The molecule has 1 aromatic rings. The second-order valence-corrected chi connectivity index (χ2v) is 4.49. The first-order valence-electron chi connectivity index (χ1n) is 6.81. The van der Waals surface area contributed by atoms with Crippen LogP contribution in [-0.4, -0.2) is 46.4 Å². The number of benzene rings is 1. The summed E-state index contributed by atoms with van der Waals surface area (Å²) in [7, 11) is 3.42. The van der Waals surface area contributed by atoms with E-state index in [0.29, 0.717) is 19.8 Å². The summed E-state index contributed by atoms with van der Waals surface area (Å²) in [5.74, 6) is 1.73. The summed E-state index contributed by atoms with van der Waals surface area (Å²) in [5, 5.41) is 6.35. The molecule has 1 rings (SSSR count). The standard InChI is InChI=1S/C15H25N3O2.HI/c1-12-6-5-7-13(2)14(12)20-11-9-18-15(16-3)17-8-10-19-4;/h5-7H,8-11H2,1-4H3,(H2,16,17,18);1H. The molecule has 120 valence electrons. The van der Waals surface area contributed by atoms with Crippen LogP contribution in [0.15, 0.2) is 23.2 Å². The molecule has 0 saturated heterocycles. The number of guanidine groups is 1. The Hall–Kier alpha value is -1.02. The third-order valence-electron chi connectivity index (χ3n) is 2.87. The maximum absolute atomic E-state index is 5.82. The van der Waals surface area contributed by atoms with Crippen LogP contribution in [0, 0.1) is 13.8 Å². The van der Waals surface area contributed by atoms with Crippen molar-refractivity contribution >= 4 is 29.9 Å². The summed E-state index contributed by atoms with van der Waals surface area (Å²) < 4.78 is 10.8. The predicted octanol–water partition coefficient (Wildman–Crippen LogP) is 2.11. The lowest BCUT2D eigenvalue weighted by Gasteiger charge is -2.14. The molecule has 0 aliphatic rings. The average Bonchev–Trinajstić information content (AvgIpc) is 2.44. The van der Waals surface area contributed by atoms with E-state index >= 15 is 0 Å². The first-order valence-corrected chi connectivity index (χ1v) is 6.81. The largest absolute Gasteiger partial charge is 0.491 e. The molecule has 0 aliphatic heterocycles. The molecule has 2 N–H and O–H groups in total. The molecule has 21 heavy (non-hydrogen) atoms. The summed E-state index contributed by atoms with van der Waals surface area (Å²) in [4.78, 5) is 4.12. The van der Waals surface area contributed by atoms with Crippen LogP contribution < -0.4 is 15.4 Å². The fourth-order valence-electron chi connectivity index (χ4n) is 1.84. The zero-order valence-electron chi connectivity index (χ0n) is 13.2. The van der Waals surface area contributed by atoms with E-state index in [0.717, 1.165) is 29.4 Å². The minimum absolute atomic E-state index is 0. The number of para-hydroxylation sites is 1. The molecule has 0 radical (unpaired) electrons. The highest BCUT2D eigenvalue weighted by Gasteiger charge is 2.03. The highest BCUT2D eigenvalue weighted by Crippen LogP contribution is 2.21. The van der Waals surface area contributed by atoms with Crippen LogP contribution in [0.2, 0.25) is 0 Å². The number of aryl methyl sites for hydroxylation is 2. The molecule has 0 spiro atoms. The Morgan fingerprint density at radius 2 is 1.67 bits per heavy atom. The monoisotopic (exact) mass is 407 g/mol. The third kappa shape index (κ3) is 7.52. The molecule has 0 atom stereocenters. The van der Waals surface area contributed by atoms with Gasteiger partial charge in [0.2, 0.25) is 0 Å². The van der Waals surface area contributed by atoms with Gasteiger partial charge in [0.15, 0.2) is 5.96 Å². The molecule has 0 fully saturated rings. The summed E-state index contributed by atoms with van der Waals surface area (Å²) in [6.07, 6.45) is 0. The van der Waals surface area contributed by atoms with Crippen molar-refractivity contribution < 1.29 is 9.47 Å². The highest BCUT2D eigenvalue weighted by molar-refractivity contribution is 14.0. The van der Waals surface area contributed by atoms with Gasteiger partial charge in [-0.15, -0.1) is 24.0 Å². The molecular formula is C15H26IN3O2. The molecule has 0 amide bonds. The Morgan fingerprint density at radius 1 is 1.10 bits per heavy atom. The van der Waals surface area contributed by atoms with Crippen molar-refractivity contribution in [2.75, 3.05) is 40.5 Å². The molecule has 0 heterocycles. The fraction of sp³-hybridized carbons (Fsp3) is 0.533. The third-order valence-corrected chi connectivity index (χ3v) is 2.87. The maximum Gasteiger partial charge on any atom is 0.191 e. The molecule has 0 aromatic heterocycles. The zero-order valence-corrected chi connectivity index (χ0v) is 15.6.